The van der Waals surface area contributed by atoms with Crippen LogP contribution in [0.3, 0.4) is 0 Å². The van der Waals surface area contributed by atoms with Gasteiger partial charge in [0.2, 0.25) is 5.91 Å². The molecule has 0 aliphatic carbocycles. The van der Waals surface area contributed by atoms with Crippen molar-refractivity contribution in [1.29, 1.82) is 0 Å². The minimum absolute atomic E-state index is 0.0117. The van der Waals surface area contributed by atoms with Crippen LogP contribution in [0.4, 0.5) is 0 Å². The second-order valence-electron chi connectivity index (χ2n) is 8.31. The Hall–Kier alpha value is -3.16. The summed E-state index contributed by atoms with van der Waals surface area (Å²) < 4.78 is 10.8. The van der Waals surface area contributed by atoms with Crippen molar-refractivity contribution in [2.45, 2.75) is 19.4 Å². The fraction of sp³-hybridized carbons (Fsp3) is 0.333. The van der Waals surface area contributed by atoms with Gasteiger partial charge < -0.3 is 19.3 Å². The molecule has 0 radical (unpaired) electrons. The van der Waals surface area contributed by atoms with Crippen molar-refractivity contribution in [3.63, 3.8) is 0 Å². The molecule has 1 aromatic heterocycles. The van der Waals surface area contributed by atoms with Crippen LogP contribution in [0.15, 0.2) is 66.0 Å². The van der Waals surface area contributed by atoms with E-state index in [1.54, 1.807) is 30.6 Å². The third-order valence-electron chi connectivity index (χ3n) is 6.12. The number of nitrogens with zero attached hydrogens (tertiary/aromatic N) is 2. The molecule has 1 atom stereocenters. The van der Waals surface area contributed by atoms with Gasteiger partial charge in [-0.15, -0.1) is 11.3 Å². The Morgan fingerprint density at radius 3 is 2.59 bits per heavy atom. The van der Waals surface area contributed by atoms with Gasteiger partial charge in [0, 0.05) is 25.1 Å². The Kier molecular flexibility index (Phi) is 7.98. The zero-order chi connectivity index (χ0) is 23.9. The average Bonchev–Trinajstić information content (AvgIpc) is 3.34. The first-order chi connectivity index (χ1) is 16.6. The molecular weight excluding hydrogens is 448 g/mol. The number of fused-ring (bicyclic) bond motifs is 1. The number of hydrogen-bond acceptors (Lipinski definition) is 5. The molecule has 7 heteroatoms. The smallest absolute Gasteiger partial charge is 0.261 e. The molecule has 0 saturated heterocycles. The van der Waals surface area contributed by atoms with Crippen molar-refractivity contribution in [1.82, 2.24) is 9.80 Å². The standard InChI is InChI=1S/C27H30N2O4S/c1-20-8-6-7-11-22(20)27-23-13-17-34-24(23)12-14-29(27)25(30)18-28(15-16-32-2)26(31)19-33-21-9-4-3-5-10-21/h3-11,13,17,27H,12,14-16,18-19H2,1-2H3. The van der Waals surface area contributed by atoms with Gasteiger partial charge in [-0.05, 0) is 53.6 Å². The molecule has 1 aliphatic rings. The Bertz CT molecular complexity index is 1110. The van der Waals surface area contributed by atoms with Gasteiger partial charge in [0.15, 0.2) is 6.61 Å². The summed E-state index contributed by atoms with van der Waals surface area (Å²) in [4.78, 5) is 31.4. The summed E-state index contributed by atoms with van der Waals surface area (Å²) in [6, 6.07) is 19.4. The quantitative estimate of drug-likeness (QED) is 0.465. The van der Waals surface area contributed by atoms with Crippen LogP contribution >= 0.6 is 11.3 Å². The maximum atomic E-state index is 13.6. The number of para-hydroxylation sites is 1. The minimum atomic E-state index is -0.241. The van der Waals surface area contributed by atoms with Crippen LogP contribution in [0.2, 0.25) is 0 Å². The highest BCUT2D eigenvalue weighted by atomic mass is 32.1. The number of benzene rings is 2. The normalized spacial score (nSPS) is 15.0. The molecule has 0 fully saturated rings. The molecule has 0 saturated carbocycles. The molecule has 2 amide bonds. The summed E-state index contributed by atoms with van der Waals surface area (Å²) in [5, 5.41) is 2.10. The van der Waals surface area contributed by atoms with Gasteiger partial charge in [-0.2, -0.15) is 0 Å². The number of thiophene rings is 1. The summed E-state index contributed by atoms with van der Waals surface area (Å²) in [5.41, 5.74) is 3.45. The Labute approximate surface area is 204 Å². The van der Waals surface area contributed by atoms with E-state index in [-0.39, 0.29) is 31.0 Å². The molecule has 0 spiro atoms. The largest absolute Gasteiger partial charge is 0.484 e. The number of carbonyl (C=O) groups is 2. The zero-order valence-electron chi connectivity index (χ0n) is 19.6. The highest BCUT2D eigenvalue weighted by Gasteiger charge is 2.34. The highest BCUT2D eigenvalue weighted by molar-refractivity contribution is 7.10. The average molecular weight is 479 g/mol. The molecule has 6 nitrogen and oxygen atoms in total. The number of carbonyl (C=O) groups excluding carboxylic acids is 2. The van der Waals surface area contributed by atoms with Crippen molar-refractivity contribution in [2.75, 3.05) is 40.0 Å². The number of amides is 2. The molecule has 0 N–H and O–H groups in total. The molecule has 34 heavy (non-hydrogen) atoms. The predicted molar refractivity (Wildman–Crippen MR) is 133 cm³/mol. The van der Waals surface area contributed by atoms with E-state index in [2.05, 4.69) is 30.5 Å². The second kappa shape index (κ2) is 11.3. The molecule has 1 unspecified atom stereocenters. The molecule has 2 heterocycles. The van der Waals surface area contributed by atoms with Crippen LogP contribution in [0, 0.1) is 6.92 Å². The van der Waals surface area contributed by atoms with E-state index in [9.17, 15) is 9.59 Å². The van der Waals surface area contributed by atoms with Gasteiger partial charge in [0.1, 0.15) is 5.75 Å². The Morgan fingerprint density at radius 1 is 1.06 bits per heavy atom. The predicted octanol–water partition coefficient (Wildman–Crippen LogP) is 4.08. The monoisotopic (exact) mass is 478 g/mol. The van der Waals surface area contributed by atoms with Gasteiger partial charge in [-0.25, -0.2) is 0 Å². The molecule has 2 aromatic carbocycles. The summed E-state index contributed by atoms with van der Waals surface area (Å²) in [6.07, 6.45) is 0.824. The van der Waals surface area contributed by atoms with Crippen LogP contribution < -0.4 is 4.74 Å². The maximum Gasteiger partial charge on any atom is 0.261 e. The topological polar surface area (TPSA) is 59.1 Å². The van der Waals surface area contributed by atoms with Gasteiger partial charge in [0.25, 0.3) is 5.91 Å². The third kappa shape index (κ3) is 5.48. The van der Waals surface area contributed by atoms with Crippen LogP contribution in [-0.2, 0) is 20.7 Å². The van der Waals surface area contributed by atoms with E-state index >= 15 is 0 Å². The third-order valence-corrected chi connectivity index (χ3v) is 7.12. The minimum Gasteiger partial charge on any atom is -0.484 e. The molecule has 0 bridgehead atoms. The molecule has 3 aromatic rings. The van der Waals surface area contributed by atoms with E-state index in [0.717, 1.165) is 17.5 Å². The van der Waals surface area contributed by atoms with E-state index < -0.39 is 0 Å². The number of rotatable bonds is 9. The van der Waals surface area contributed by atoms with Crippen LogP contribution in [0.25, 0.3) is 0 Å². The lowest BCUT2D eigenvalue weighted by molar-refractivity contribution is -0.143. The van der Waals surface area contributed by atoms with Crippen LogP contribution in [-0.4, -0.2) is 61.6 Å². The summed E-state index contributed by atoms with van der Waals surface area (Å²) >= 11 is 1.74. The summed E-state index contributed by atoms with van der Waals surface area (Å²) in [5.74, 6) is 0.304. The maximum absolute atomic E-state index is 13.6. The number of hydrogen-bond donors (Lipinski definition) is 0. The van der Waals surface area contributed by atoms with Gasteiger partial charge in [-0.1, -0.05) is 42.5 Å². The van der Waals surface area contributed by atoms with E-state index in [1.807, 2.05) is 35.2 Å². The Morgan fingerprint density at radius 2 is 1.82 bits per heavy atom. The number of ether oxygens (including phenoxy) is 2. The summed E-state index contributed by atoms with van der Waals surface area (Å²) in [7, 11) is 1.59. The molecule has 178 valence electrons. The van der Waals surface area contributed by atoms with Crippen molar-refractivity contribution < 1.29 is 19.1 Å². The van der Waals surface area contributed by atoms with Crippen molar-refractivity contribution >= 4 is 23.2 Å². The van der Waals surface area contributed by atoms with Gasteiger partial charge in [-0.3, -0.25) is 9.59 Å². The van der Waals surface area contributed by atoms with E-state index in [4.69, 9.17) is 9.47 Å². The van der Waals surface area contributed by atoms with Crippen LogP contribution in [0.1, 0.15) is 27.6 Å². The number of methoxy groups -OCH3 is 1. The highest BCUT2D eigenvalue weighted by Crippen LogP contribution is 2.39. The van der Waals surface area contributed by atoms with E-state index in [0.29, 0.717) is 25.4 Å². The fourth-order valence-corrected chi connectivity index (χ4v) is 5.22. The van der Waals surface area contributed by atoms with Crippen LogP contribution in [0.5, 0.6) is 5.75 Å². The van der Waals surface area contributed by atoms with Crippen molar-refractivity contribution in [3.8, 4) is 5.75 Å². The number of aryl methyl sites for hydroxylation is 1. The summed E-state index contributed by atoms with van der Waals surface area (Å²) in [6.45, 7) is 3.23. The first-order valence-electron chi connectivity index (χ1n) is 11.4. The van der Waals surface area contributed by atoms with Crippen molar-refractivity contribution in [2.24, 2.45) is 0 Å². The first kappa shape index (κ1) is 24.0. The lowest BCUT2D eigenvalue weighted by atomic mass is 9.90. The fourth-order valence-electron chi connectivity index (χ4n) is 4.31. The zero-order valence-corrected chi connectivity index (χ0v) is 20.4. The molecular formula is C27H30N2O4S. The second-order valence-corrected chi connectivity index (χ2v) is 9.31. The van der Waals surface area contributed by atoms with E-state index in [1.165, 1.54) is 15.3 Å². The lowest BCUT2D eigenvalue weighted by Gasteiger charge is -2.38. The van der Waals surface area contributed by atoms with Gasteiger partial charge in [0.05, 0.1) is 19.2 Å². The SMILES string of the molecule is COCCN(CC(=O)N1CCc2sccc2C1c1ccccc1C)C(=O)COc1ccccc1. The molecule has 4 rings (SSSR count). The van der Waals surface area contributed by atoms with Gasteiger partial charge >= 0.3 is 0 Å². The molecule has 1 aliphatic heterocycles. The Balaban J connectivity index is 1.52. The first-order valence-corrected chi connectivity index (χ1v) is 12.3. The van der Waals surface area contributed by atoms with Crippen molar-refractivity contribution in [3.05, 3.63) is 87.6 Å². The lowest BCUT2D eigenvalue weighted by Crippen LogP contribution is -2.48.